The highest BCUT2D eigenvalue weighted by molar-refractivity contribution is 5.85. The van der Waals surface area contributed by atoms with Gasteiger partial charge in [0, 0.05) is 5.92 Å². The Morgan fingerprint density at radius 3 is 1.76 bits per heavy atom. The molecule has 3 nitrogen and oxygen atoms in total. The summed E-state index contributed by atoms with van der Waals surface area (Å²) in [5, 5.41) is 0. The van der Waals surface area contributed by atoms with Crippen LogP contribution in [0.25, 0.3) is 0 Å². The van der Waals surface area contributed by atoms with Gasteiger partial charge in [-0.25, -0.2) is 0 Å². The Bertz CT molecular complexity index is 256. The van der Waals surface area contributed by atoms with E-state index in [0.29, 0.717) is 6.61 Å². The van der Waals surface area contributed by atoms with Crippen LogP contribution in [0, 0.1) is 23.7 Å². The first kappa shape index (κ1) is 16.1. The van der Waals surface area contributed by atoms with Crippen molar-refractivity contribution in [3.8, 4) is 0 Å². The number of hydrogen-bond donors (Lipinski definition) is 0. The standard InChI is InChI=1S/C14H26O3/c1-7-8-17-14(16)13(10(4)5)12(9(2)3)11(6)15/h9-10,12-13H,7-8H2,1-6H3. The summed E-state index contributed by atoms with van der Waals surface area (Å²) in [6, 6.07) is 0. The summed E-state index contributed by atoms with van der Waals surface area (Å²) in [6.07, 6.45) is 0.809. The first-order valence-electron chi connectivity index (χ1n) is 6.49. The van der Waals surface area contributed by atoms with Crippen molar-refractivity contribution in [2.45, 2.75) is 48.0 Å². The summed E-state index contributed by atoms with van der Waals surface area (Å²) in [7, 11) is 0. The van der Waals surface area contributed by atoms with Crippen LogP contribution in [-0.2, 0) is 14.3 Å². The fourth-order valence-corrected chi connectivity index (χ4v) is 2.27. The third kappa shape index (κ3) is 4.88. The van der Waals surface area contributed by atoms with Crippen LogP contribution in [0.2, 0.25) is 0 Å². The summed E-state index contributed by atoms with van der Waals surface area (Å²) in [5.74, 6) is -0.425. The van der Waals surface area contributed by atoms with Gasteiger partial charge >= 0.3 is 5.97 Å². The van der Waals surface area contributed by atoms with Gasteiger partial charge in [-0.3, -0.25) is 9.59 Å². The molecule has 3 heteroatoms. The second-order valence-corrected chi connectivity index (χ2v) is 5.32. The first-order chi connectivity index (χ1) is 7.82. The van der Waals surface area contributed by atoms with E-state index in [0.717, 1.165) is 6.42 Å². The molecule has 100 valence electrons. The summed E-state index contributed by atoms with van der Waals surface area (Å²) in [5.41, 5.74) is 0. The van der Waals surface area contributed by atoms with E-state index in [4.69, 9.17) is 4.74 Å². The molecule has 0 bridgehead atoms. The van der Waals surface area contributed by atoms with Gasteiger partial charge in [-0.15, -0.1) is 0 Å². The Balaban J connectivity index is 4.92. The van der Waals surface area contributed by atoms with E-state index in [-0.39, 0.29) is 35.4 Å². The monoisotopic (exact) mass is 242 g/mol. The summed E-state index contributed by atoms with van der Waals surface area (Å²) in [6.45, 7) is 11.9. The van der Waals surface area contributed by atoms with Crippen molar-refractivity contribution in [3.63, 3.8) is 0 Å². The van der Waals surface area contributed by atoms with E-state index < -0.39 is 0 Å². The normalized spacial score (nSPS) is 14.8. The number of Topliss-reactive ketones (excluding diaryl/α,β-unsaturated/α-hetero) is 1. The minimum Gasteiger partial charge on any atom is -0.465 e. The molecule has 17 heavy (non-hydrogen) atoms. The molecule has 0 aromatic carbocycles. The Hall–Kier alpha value is -0.860. The zero-order chi connectivity index (χ0) is 13.6. The van der Waals surface area contributed by atoms with Gasteiger partial charge in [0.15, 0.2) is 0 Å². The van der Waals surface area contributed by atoms with Gasteiger partial charge < -0.3 is 4.74 Å². The van der Waals surface area contributed by atoms with Gasteiger partial charge in [0.1, 0.15) is 5.78 Å². The highest BCUT2D eigenvalue weighted by Gasteiger charge is 2.36. The molecule has 0 saturated carbocycles. The van der Waals surface area contributed by atoms with Crippen LogP contribution in [0.4, 0.5) is 0 Å². The van der Waals surface area contributed by atoms with E-state index in [1.54, 1.807) is 6.92 Å². The maximum Gasteiger partial charge on any atom is 0.309 e. The molecule has 0 fully saturated rings. The second kappa shape index (κ2) is 7.46. The molecule has 2 unspecified atom stereocenters. The van der Waals surface area contributed by atoms with E-state index in [1.165, 1.54) is 0 Å². The Morgan fingerprint density at radius 1 is 1.00 bits per heavy atom. The quantitative estimate of drug-likeness (QED) is 0.644. The highest BCUT2D eigenvalue weighted by Crippen LogP contribution is 2.29. The minimum atomic E-state index is -0.320. The van der Waals surface area contributed by atoms with Gasteiger partial charge in [0.25, 0.3) is 0 Å². The predicted octanol–water partition coefficient (Wildman–Crippen LogP) is 3.07. The average molecular weight is 242 g/mol. The lowest BCUT2D eigenvalue weighted by Crippen LogP contribution is -2.37. The lowest BCUT2D eigenvalue weighted by atomic mass is 9.75. The predicted molar refractivity (Wildman–Crippen MR) is 68.6 cm³/mol. The molecule has 0 aromatic rings. The number of carbonyl (C=O) groups excluding carboxylic acids is 2. The number of esters is 1. The zero-order valence-corrected chi connectivity index (χ0v) is 11.9. The van der Waals surface area contributed by atoms with Crippen LogP contribution < -0.4 is 0 Å². The van der Waals surface area contributed by atoms with E-state index in [1.807, 2.05) is 34.6 Å². The van der Waals surface area contributed by atoms with Gasteiger partial charge in [-0.05, 0) is 25.2 Å². The van der Waals surface area contributed by atoms with Crippen molar-refractivity contribution in [1.82, 2.24) is 0 Å². The van der Waals surface area contributed by atoms with Crippen molar-refractivity contribution in [2.75, 3.05) is 6.61 Å². The smallest absolute Gasteiger partial charge is 0.309 e. The second-order valence-electron chi connectivity index (χ2n) is 5.32. The Morgan fingerprint density at radius 2 is 1.47 bits per heavy atom. The van der Waals surface area contributed by atoms with Crippen LogP contribution in [0.1, 0.15) is 48.0 Å². The van der Waals surface area contributed by atoms with Crippen LogP contribution in [0.5, 0.6) is 0 Å². The maximum atomic E-state index is 12.0. The molecule has 0 aliphatic heterocycles. The molecule has 0 amide bonds. The number of carbonyl (C=O) groups is 2. The topological polar surface area (TPSA) is 43.4 Å². The Kier molecular flexibility index (Phi) is 7.09. The molecule has 0 rings (SSSR count). The average Bonchev–Trinajstić information content (AvgIpc) is 2.20. The van der Waals surface area contributed by atoms with E-state index in [9.17, 15) is 9.59 Å². The van der Waals surface area contributed by atoms with Crippen LogP contribution in [0.3, 0.4) is 0 Å². The molecule has 0 saturated heterocycles. The van der Waals surface area contributed by atoms with Crippen LogP contribution >= 0.6 is 0 Å². The number of ether oxygens (including phenoxy) is 1. The highest BCUT2D eigenvalue weighted by atomic mass is 16.5. The van der Waals surface area contributed by atoms with Crippen molar-refractivity contribution >= 4 is 11.8 Å². The third-order valence-electron chi connectivity index (χ3n) is 3.01. The van der Waals surface area contributed by atoms with Crippen molar-refractivity contribution in [3.05, 3.63) is 0 Å². The first-order valence-corrected chi connectivity index (χ1v) is 6.49. The summed E-state index contributed by atoms with van der Waals surface area (Å²) >= 11 is 0. The SMILES string of the molecule is CCCOC(=O)C(C(C)C)C(C(C)=O)C(C)C. The van der Waals surface area contributed by atoms with Crippen LogP contribution in [0.15, 0.2) is 0 Å². The van der Waals surface area contributed by atoms with Gasteiger partial charge in [-0.2, -0.15) is 0 Å². The molecular formula is C14H26O3. The van der Waals surface area contributed by atoms with E-state index >= 15 is 0 Å². The van der Waals surface area contributed by atoms with Crippen molar-refractivity contribution < 1.29 is 14.3 Å². The number of ketones is 1. The fourth-order valence-electron chi connectivity index (χ4n) is 2.27. The molecule has 0 N–H and O–H groups in total. The summed E-state index contributed by atoms with van der Waals surface area (Å²) in [4.78, 5) is 23.7. The maximum absolute atomic E-state index is 12.0. The molecule has 0 aromatic heterocycles. The van der Waals surface area contributed by atoms with Gasteiger partial charge in [0.05, 0.1) is 12.5 Å². The molecule has 0 heterocycles. The van der Waals surface area contributed by atoms with E-state index in [2.05, 4.69) is 0 Å². The number of rotatable bonds is 7. The Labute approximate surface area is 105 Å². The minimum absolute atomic E-state index is 0.0761. The molecule has 0 radical (unpaired) electrons. The van der Waals surface area contributed by atoms with Gasteiger partial charge in [0.2, 0.25) is 0 Å². The molecular weight excluding hydrogens is 216 g/mol. The third-order valence-corrected chi connectivity index (χ3v) is 3.01. The van der Waals surface area contributed by atoms with Crippen molar-refractivity contribution in [2.24, 2.45) is 23.7 Å². The molecule has 2 atom stereocenters. The van der Waals surface area contributed by atoms with Gasteiger partial charge in [-0.1, -0.05) is 34.6 Å². The molecule has 0 spiro atoms. The van der Waals surface area contributed by atoms with Crippen LogP contribution in [-0.4, -0.2) is 18.4 Å². The number of hydrogen-bond acceptors (Lipinski definition) is 3. The zero-order valence-electron chi connectivity index (χ0n) is 11.9. The lowest BCUT2D eigenvalue weighted by molar-refractivity contribution is -0.155. The molecule has 0 aliphatic carbocycles. The summed E-state index contributed by atoms with van der Waals surface area (Å²) < 4.78 is 5.20. The van der Waals surface area contributed by atoms with Crippen molar-refractivity contribution in [1.29, 1.82) is 0 Å². The largest absolute Gasteiger partial charge is 0.465 e. The fraction of sp³-hybridized carbons (Fsp3) is 0.857. The molecule has 0 aliphatic rings. The lowest BCUT2D eigenvalue weighted by Gasteiger charge is -2.29.